The van der Waals surface area contributed by atoms with Gasteiger partial charge in [0.2, 0.25) is 0 Å². The smallest absolute Gasteiger partial charge is 0.265 e. The van der Waals surface area contributed by atoms with Gasteiger partial charge in [-0.15, -0.1) is 11.3 Å². The van der Waals surface area contributed by atoms with Crippen molar-refractivity contribution in [2.24, 2.45) is 0 Å². The highest BCUT2D eigenvalue weighted by Gasteiger charge is 2.14. The predicted molar refractivity (Wildman–Crippen MR) is 138 cm³/mol. The van der Waals surface area contributed by atoms with Gasteiger partial charge in [-0.1, -0.05) is 60.1 Å². The summed E-state index contributed by atoms with van der Waals surface area (Å²) >= 11 is 7.55. The van der Waals surface area contributed by atoms with Crippen LogP contribution in [0.2, 0.25) is 5.02 Å². The maximum Gasteiger partial charge on any atom is 0.265 e. The number of carbonyl (C=O) groups is 1. The van der Waals surface area contributed by atoms with Crippen LogP contribution in [0, 0.1) is 0 Å². The van der Waals surface area contributed by atoms with Gasteiger partial charge in [0.15, 0.2) is 0 Å². The zero-order chi connectivity index (χ0) is 23.5. The molecule has 1 amide bonds. The van der Waals surface area contributed by atoms with Gasteiger partial charge in [0, 0.05) is 17.1 Å². The number of rotatable bonds is 6. The van der Waals surface area contributed by atoms with Crippen molar-refractivity contribution < 1.29 is 4.79 Å². The van der Waals surface area contributed by atoms with Gasteiger partial charge in [0.05, 0.1) is 22.3 Å². The summed E-state index contributed by atoms with van der Waals surface area (Å²) in [5.41, 5.74) is 2.95. The highest BCUT2D eigenvalue weighted by Crippen LogP contribution is 2.20. The third kappa shape index (κ3) is 4.78. The Labute approximate surface area is 205 Å². The first-order chi connectivity index (χ1) is 16.6. The minimum atomic E-state index is -0.206. The van der Waals surface area contributed by atoms with Crippen LogP contribution in [0.25, 0.3) is 10.9 Å². The van der Waals surface area contributed by atoms with Crippen molar-refractivity contribution in [3.63, 3.8) is 0 Å². The van der Waals surface area contributed by atoms with Gasteiger partial charge < -0.3 is 5.32 Å². The number of carbonyl (C=O) groups excluding carboxylic acids is 1. The topological polar surface area (TPSA) is 64.0 Å². The number of thiophene rings is 1. The number of nitrogens with zero attached hydrogens (tertiary/aromatic N) is 2. The number of benzene rings is 3. The molecule has 5 nitrogen and oxygen atoms in total. The van der Waals surface area contributed by atoms with Crippen molar-refractivity contribution in [1.82, 2.24) is 9.55 Å². The minimum absolute atomic E-state index is 0.164. The molecule has 2 heterocycles. The molecule has 0 bridgehead atoms. The third-order valence-electron chi connectivity index (χ3n) is 5.47. The summed E-state index contributed by atoms with van der Waals surface area (Å²) in [5.74, 6) is 0.460. The van der Waals surface area contributed by atoms with Crippen LogP contribution >= 0.6 is 22.9 Å². The highest BCUT2D eigenvalue weighted by atomic mass is 35.5. The van der Waals surface area contributed by atoms with Crippen LogP contribution in [0.4, 0.5) is 5.69 Å². The molecule has 0 aliphatic heterocycles. The van der Waals surface area contributed by atoms with Gasteiger partial charge in [-0.25, -0.2) is 4.98 Å². The molecule has 7 heteroatoms. The van der Waals surface area contributed by atoms with E-state index in [9.17, 15) is 9.59 Å². The van der Waals surface area contributed by atoms with Crippen LogP contribution < -0.4 is 10.9 Å². The Balaban J connectivity index is 1.58. The number of hydrogen-bond acceptors (Lipinski definition) is 4. The fourth-order valence-electron chi connectivity index (χ4n) is 3.84. The third-order valence-corrected chi connectivity index (χ3v) is 6.57. The first kappa shape index (κ1) is 22.1. The van der Waals surface area contributed by atoms with Crippen LogP contribution in [0.3, 0.4) is 0 Å². The van der Waals surface area contributed by atoms with Crippen LogP contribution in [0.5, 0.6) is 0 Å². The summed E-state index contributed by atoms with van der Waals surface area (Å²) in [6.07, 6.45) is 0.517. The number of anilines is 1. The molecule has 5 aromatic rings. The summed E-state index contributed by atoms with van der Waals surface area (Å²) in [4.78, 5) is 31.6. The average Bonchev–Trinajstić information content (AvgIpc) is 3.38. The number of hydrogen-bond donors (Lipinski definition) is 1. The standard InChI is InChI=1S/C27H20ClN3O2S/c28-20-9-4-8-19(14-20)17-31-25(15-18-6-2-1-3-7-18)30-23-12-11-21(16-22(23)27(31)33)29-26(32)24-10-5-13-34-24/h1-14,16H,15,17H2,(H,29,32). The van der Waals surface area contributed by atoms with E-state index >= 15 is 0 Å². The van der Waals surface area contributed by atoms with Gasteiger partial charge in [-0.05, 0) is 52.9 Å². The van der Waals surface area contributed by atoms with Crippen molar-refractivity contribution in [3.8, 4) is 0 Å². The Hall–Kier alpha value is -3.74. The van der Waals surface area contributed by atoms with Crippen LogP contribution in [0.15, 0.2) is 95.1 Å². The Morgan fingerprint density at radius 1 is 0.941 bits per heavy atom. The molecule has 0 fully saturated rings. The van der Waals surface area contributed by atoms with E-state index in [4.69, 9.17) is 16.6 Å². The van der Waals surface area contributed by atoms with Gasteiger partial charge >= 0.3 is 0 Å². The molecule has 0 atom stereocenters. The van der Waals surface area contributed by atoms with E-state index in [2.05, 4.69) is 5.32 Å². The van der Waals surface area contributed by atoms with Gasteiger partial charge in [-0.3, -0.25) is 14.2 Å². The first-order valence-corrected chi connectivity index (χ1v) is 12.0. The molecule has 168 valence electrons. The zero-order valence-electron chi connectivity index (χ0n) is 18.1. The molecule has 5 rings (SSSR count). The molecule has 34 heavy (non-hydrogen) atoms. The van der Waals surface area contributed by atoms with Crippen molar-refractivity contribution >= 4 is 45.4 Å². The molecular weight excluding hydrogens is 466 g/mol. The summed E-state index contributed by atoms with van der Waals surface area (Å²) < 4.78 is 1.69. The van der Waals surface area contributed by atoms with Gasteiger partial charge in [0.1, 0.15) is 5.82 Å². The van der Waals surface area contributed by atoms with Crippen molar-refractivity contribution in [1.29, 1.82) is 0 Å². The molecule has 1 N–H and O–H groups in total. The summed E-state index contributed by atoms with van der Waals surface area (Å²) in [6.45, 7) is 0.344. The van der Waals surface area contributed by atoms with Crippen LogP contribution in [-0.4, -0.2) is 15.5 Å². The molecule has 2 aromatic heterocycles. The lowest BCUT2D eigenvalue weighted by atomic mass is 10.1. The van der Waals surface area contributed by atoms with E-state index in [0.29, 0.717) is 45.3 Å². The lowest BCUT2D eigenvalue weighted by Gasteiger charge is -2.15. The number of halogens is 1. The first-order valence-electron chi connectivity index (χ1n) is 10.7. The van der Waals surface area contributed by atoms with Crippen LogP contribution in [-0.2, 0) is 13.0 Å². The maximum atomic E-state index is 13.7. The quantitative estimate of drug-likeness (QED) is 0.320. The second-order valence-electron chi connectivity index (χ2n) is 7.87. The number of fused-ring (bicyclic) bond motifs is 1. The Morgan fingerprint density at radius 2 is 1.76 bits per heavy atom. The number of aromatic nitrogens is 2. The van der Waals surface area contributed by atoms with Crippen molar-refractivity contribution in [2.45, 2.75) is 13.0 Å². The van der Waals surface area contributed by atoms with Gasteiger partial charge in [0.25, 0.3) is 11.5 Å². The molecule has 0 radical (unpaired) electrons. The Bertz CT molecular complexity index is 1530. The summed E-state index contributed by atoms with van der Waals surface area (Å²) in [6, 6.07) is 26.2. The van der Waals surface area contributed by atoms with E-state index < -0.39 is 0 Å². The van der Waals surface area contributed by atoms with E-state index in [1.165, 1.54) is 11.3 Å². The van der Waals surface area contributed by atoms with E-state index in [1.54, 1.807) is 34.9 Å². The minimum Gasteiger partial charge on any atom is -0.321 e. The molecule has 0 spiro atoms. The monoisotopic (exact) mass is 485 g/mol. The van der Waals surface area contributed by atoms with Crippen molar-refractivity contribution in [2.75, 3.05) is 5.32 Å². The molecule has 0 saturated heterocycles. The summed E-state index contributed by atoms with van der Waals surface area (Å²) in [5, 5.41) is 5.78. The molecule has 0 saturated carbocycles. The van der Waals surface area contributed by atoms with E-state index in [0.717, 1.165) is 11.1 Å². The fraction of sp³-hybridized carbons (Fsp3) is 0.0741. The molecule has 0 aliphatic carbocycles. The zero-order valence-corrected chi connectivity index (χ0v) is 19.6. The number of amides is 1. The predicted octanol–water partition coefficient (Wildman–Crippen LogP) is 6.00. The fourth-order valence-corrected chi connectivity index (χ4v) is 4.67. The van der Waals surface area contributed by atoms with E-state index in [-0.39, 0.29) is 11.5 Å². The SMILES string of the molecule is O=C(Nc1ccc2nc(Cc3ccccc3)n(Cc3cccc(Cl)c3)c(=O)c2c1)c1cccs1. The lowest BCUT2D eigenvalue weighted by molar-refractivity contribution is 0.103. The second-order valence-corrected chi connectivity index (χ2v) is 9.26. The normalized spacial score (nSPS) is 11.0. The lowest BCUT2D eigenvalue weighted by Crippen LogP contribution is -2.26. The Kier molecular flexibility index (Phi) is 6.25. The van der Waals surface area contributed by atoms with Gasteiger partial charge in [-0.2, -0.15) is 0 Å². The van der Waals surface area contributed by atoms with Crippen LogP contribution in [0.1, 0.15) is 26.6 Å². The van der Waals surface area contributed by atoms with Crippen molar-refractivity contribution in [3.05, 3.63) is 128 Å². The summed E-state index contributed by atoms with van der Waals surface area (Å²) in [7, 11) is 0. The van der Waals surface area contributed by atoms with E-state index in [1.807, 2.05) is 60.0 Å². The second kappa shape index (κ2) is 9.63. The maximum absolute atomic E-state index is 13.7. The molecule has 0 unspecified atom stereocenters. The Morgan fingerprint density at radius 3 is 2.53 bits per heavy atom. The number of nitrogens with one attached hydrogen (secondary N) is 1. The molecule has 0 aliphatic rings. The highest BCUT2D eigenvalue weighted by molar-refractivity contribution is 7.12. The molecule has 3 aromatic carbocycles. The largest absolute Gasteiger partial charge is 0.321 e. The average molecular weight is 486 g/mol. The molecular formula is C27H20ClN3O2S.